The van der Waals surface area contributed by atoms with Crippen molar-refractivity contribution in [2.45, 2.75) is 25.3 Å². The lowest BCUT2D eigenvalue weighted by molar-refractivity contribution is 0.600. The van der Waals surface area contributed by atoms with Gasteiger partial charge >= 0.3 is 0 Å². The summed E-state index contributed by atoms with van der Waals surface area (Å²) in [5.74, 6) is 0. The lowest BCUT2D eigenvalue weighted by atomic mass is 10.2. The van der Waals surface area contributed by atoms with E-state index in [1.54, 1.807) is 19.1 Å². The normalized spacial score (nSPS) is 11.5. The highest BCUT2D eigenvalue weighted by atomic mass is 32.2. The molecule has 0 saturated heterocycles. The average molecular weight is 294 g/mol. The quantitative estimate of drug-likeness (QED) is 0.755. The van der Waals surface area contributed by atoms with Crippen LogP contribution in [0.3, 0.4) is 0 Å². The minimum atomic E-state index is -3.59. The Kier molecular flexibility index (Phi) is 4.41. The van der Waals surface area contributed by atoms with E-state index in [0.717, 1.165) is 18.7 Å². The second-order valence-electron chi connectivity index (χ2n) is 4.44. The van der Waals surface area contributed by atoms with Gasteiger partial charge in [0, 0.05) is 12.2 Å². The van der Waals surface area contributed by atoms with E-state index < -0.39 is 10.0 Å². The maximum atomic E-state index is 12.2. The van der Waals surface area contributed by atoms with Crippen LogP contribution >= 0.6 is 0 Å². The molecule has 0 amide bonds. The Morgan fingerprint density at radius 1 is 1.25 bits per heavy atom. The third-order valence-corrected chi connectivity index (χ3v) is 4.35. The van der Waals surface area contributed by atoms with Crippen LogP contribution in [0, 0.1) is 6.92 Å². The first-order chi connectivity index (χ1) is 9.53. The molecule has 6 nitrogen and oxygen atoms in total. The minimum absolute atomic E-state index is 0.161. The molecule has 0 spiro atoms. The summed E-state index contributed by atoms with van der Waals surface area (Å²) in [7, 11) is -3.59. The molecule has 0 atom stereocenters. The Balaban J connectivity index is 2.12. The Labute approximate surface area is 118 Å². The first kappa shape index (κ1) is 14.5. The lowest BCUT2D eigenvalue weighted by Gasteiger charge is -2.08. The Morgan fingerprint density at radius 2 is 1.95 bits per heavy atom. The van der Waals surface area contributed by atoms with Crippen molar-refractivity contribution in [1.29, 1.82) is 0 Å². The van der Waals surface area contributed by atoms with Crippen LogP contribution in [0.25, 0.3) is 0 Å². The molecule has 0 radical (unpaired) electrons. The summed E-state index contributed by atoms with van der Waals surface area (Å²) in [6, 6.07) is 7.28. The van der Waals surface area contributed by atoms with E-state index in [2.05, 4.69) is 20.2 Å². The van der Waals surface area contributed by atoms with Gasteiger partial charge in [-0.1, -0.05) is 19.1 Å². The van der Waals surface area contributed by atoms with Gasteiger partial charge in [-0.3, -0.25) is 9.82 Å². The molecule has 1 aromatic carbocycles. The highest BCUT2D eigenvalue weighted by Gasteiger charge is 2.18. The number of nitrogens with one attached hydrogen (secondary N) is 3. The van der Waals surface area contributed by atoms with Crippen LogP contribution in [0.15, 0.2) is 35.4 Å². The van der Waals surface area contributed by atoms with Crippen LogP contribution < -0.4 is 10.0 Å². The number of aromatic amines is 1. The molecule has 0 aliphatic heterocycles. The Hall–Kier alpha value is -1.86. The van der Waals surface area contributed by atoms with Gasteiger partial charge in [0.2, 0.25) is 0 Å². The van der Waals surface area contributed by atoms with E-state index in [1.807, 2.05) is 19.1 Å². The second-order valence-corrected chi connectivity index (χ2v) is 6.09. The summed E-state index contributed by atoms with van der Waals surface area (Å²) in [4.78, 5) is 0.161. The van der Waals surface area contributed by atoms with E-state index in [9.17, 15) is 8.42 Å². The fourth-order valence-electron chi connectivity index (χ4n) is 1.78. The summed E-state index contributed by atoms with van der Waals surface area (Å²) in [5, 5.41) is 9.55. The molecule has 2 aromatic rings. The molecule has 108 valence electrons. The van der Waals surface area contributed by atoms with Crippen LogP contribution in [-0.4, -0.2) is 25.2 Å². The van der Waals surface area contributed by atoms with Crippen molar-refractivity contribution in [2.24, 2.45) is 0 Å². The maximum Gasteiger partial charge on any atom is 0.265 e. The molecule has 0 aliphatic rings. The van der Waals surface area contributed by atoms with Crippen molar-refractivity contribution in [3.05, 3.63) is 41.7 Å². The zero-order valence-electron chi connectivity index (χ0n) is 11.5. The highest BCUT2D eigenvalue weighted by Crippen LogP contribution is 2.17. The van der Waals surface area contributed by atoms with E-state index in [4.69, 9.17) is 0 Å². The number of nitrogens with zero attached hydrogens (tertiary/aromatic N) is 1. The number of rotatable bonds is 6. The molecule has 7 heteroatoms. The third kappa shape index (κ3) is 3.37. The van der Waals surface area contributed by atoms with Crippen LogP contribution in [0.1, 0.15) is 18.2 Å². The van der Waals surface area contributed by atoms with Crippen LogP contribution in [0.4, 0.5) is 5.69 Å². The van der Waals surface area contributed by atoms with E-state index in [1.165, 1.54) is 6.20 Å². The molecule has 1 heterocycles. The maximum absolute atomic E-state index is 12.2. The van der Waals surface area contributed by atoms with Crippen molar-refractivity contribution in [1.82, 2.24) is 15.5 Å². The van der Waals surface area contributed by atoms with Crippen molar-refractivity contribution >= 4 is 15.7 Å². The molecular formula is C13H18N4O2S. The molecule has 0 bridgehead atoms. The van der Waals surface area contributed by atoms with Gasteiger partial charge in [0.05, 0.1) is 11.9 Å². The molecule has 20 heavy (non-hydrogen) atoms. The average Bonchev–Trinajstić information content (AvgIpc) is 2.85. The Bertz CT molecular complexity index is 662. The van der Waals surface area contributed by atoms with Gasteiger partial charge < -0.3 is 5.32 Å². The van der Waals surface area contributed by atoms with Gasteiger partial charge in [-0.25, -0.2) is 8.42 Å². The number of H-pyrrole nitrogens is 1. The smallest absolute Gasteiger partial charge is 0.265 e. The first-order valence-electron chi connectivity index (χ1n) is 6.35. The van der Waals surface area contributed by atoms with Crippen LogP contribution in [0.2, 0.25) is 0 Å². The fourth-order valence-corrected chi connectivity index (χ4v) is 2.98. The van der Waals surface area contributed by atoms with Gasteiger partial charge in [0.15, 0.2) is 0 Å². The summed E-state index contributed by atoms with van der Waals surface area (Å²) in [6.07, 6.45) is 1.30. The van der Waals surface area contributed by atoms with E-state index in [0.29, 0.717) is 11.4 Å². The first-order valence-corrected chi connectivity index (χ1v) is 7.83. The van der Waals surface area contributed by atoms with Crippen molar-refractivity contribution in [2.75, 3.05) is 11.3 Å². The summed E-state index contributed by atoms with van der Waals surface area (Å²) >= 11 is 0. The predicted octanol–water partition coefficient (Wildman–Crippen LogP) is 1.63. The van der Waals surface area contributed by atoms with Crippen molar-refractivity contribution in [3.8, 4) is 0 Å². The molecular weight excluding hydrogens is 276 g/mol. The SMILES string of the molecule is CCNCc1ccc(NS(=O)(=O)c2cn[nH]c2C)cc1. The summed E-state index contributed by atoms with van der Waals surface area (Å²) in [5.41, 5.74) is 2.15. The fraction of sp³-hybridized carbons (Fsp3) is 0.308. The van der Waals surface area contributed by atoms with Crippen LogP contribution in [0.5, 0.6) is 0 Å². The number of aromatic nitrogens is 2. The molecule has 0 unspecified atom stereocenters. The number of sulfonamides is 1. The van der Waals surface area contributed by atoms with Gasteiger partial charge in [-0.2, -0.15) is 5.10 Å². The van der Waals surface area contributed by atoms with Crippen molar-refractivity contribution in [3.63, 3.8) is 0 Å². The molecule has 0 fully saturated rings. The largest absolute Gasteiger partial charge is 0.313 e. The zero-order chi connectivity index (χ0) is 14.6. The minimum Gasteiger partial charge on any atom is -0.313 e. The predicted molar refractivity (Wildman–Crippen MR) is 78.0 cm³/mol. The van der Waals surface area contributed by atoms with Crippen molar-refractivity contribution < 1.29 is 8.42 Å². The van der Waals surface area contributed by atoms with Gasteiger partial charge in [-0.15, -0.1) is 0 Å². The lowest BCUT2D eigenvalue weighted by Crippen LogP contribution is -2.14. The zero-order valence-corrected chi connectivity index (χ0v) is 12.3. The second kappa shape index (κ2) is 6.06. The van der Waals surface area contributed by atoms with Gasteiger partial charge in [0.1, 0.15) is 4.90 Å². The van der Waals surface area contributed by atoms with Gasteiger partial charge in [-0.05, 0) is 31.2 Å². The molecule has 2 rings (SSSR count). The molecule has 1 aromatic heterocycles. The molecule has 3 N–H and O–H groups in total. The highest BCUT2D eigenvalue weighted by molar-refractivity contribution is 7.92. The Morgan fingerprint density at radius 3 is 2.50 bits per heavy atom. The van der Waals surface area contributed by atoms with E-state index in [-0.39, 0.29) is 4.90 Å². The number of aryl methyl sites for hydroxylation is 1. The molecule has 0 saturated carbocycles. The summed E-state index contributed by atoms with van der Waals surface area (Å²) in [6.45, 7) is 5.37. The standard InChI is InChI=1S/C13H18N4O2S/c1-3-14-8-11-4-6-12(7-5-11)17-20(18,19)13-9-15-16-10(13)2/h4-7,9,14,17H,3,8H2,1-2H3,(H,15,16). The molecule has 0 aliphatic carbocycles. The van der Waals surface area contributed by atoms with Crippen LogP contribution in [-0.2, 0) is 16.6 Å². The van der Waals surface area contributed by atoms with E-state index >= 15 is 0 Å². The topological polar surface area (TPSA) is 86.9 Å². The number of hydrogen-bond acceptors (Lipinski definition) is 4. The number of hydrogen-bond donors (Lipinski definition) is 3. The number of anilines is 1. The number of benzene rings is 1. The monoisotopic (exact) mass is 294 g/mol. The van der Waals surface area contributed by atoms with Gasteiger partial charge in [0.25, 0.3) is 10.0 Å². The summed E-state index contributed by atoms with van der Waals surface area (Å²) < 4.78 is 26.9. The third-order valence-electron chi connectivity index (χ3n) is 2.86.